The quantitative estimate of drug-likeness (QED) is 0.326. The van der Waals surface area contributed by atoms with E-state index in [-0.39, 0.29) is 51.3 Å². The number of carbonyl (C=O) groups excluding carboxylic acids is 2. The number of rotatable bonds is 8. The van der Waals surface area contributed by atoms with Crippen LogP contribution < -0.4 is 0 Å². The molecule has 1 aromatic rings. The van der Waals surface area contributed by atoms with Crippen LogP contribution in [0.3, 0.4) is 0 Å². The lowest BCUT2D eigenvalue weighted by atomic mass is 10.0. The average molecular weight is 500 g/mol. The highest BCUT2D eigenvalue weighted by molar-refractivity contribution is 9.10. The predicted molar refractivity (Wildman–Crippen MR) is 119 cm³/mol. The number of benzene rings is 1. The van der Waals surface area contributed by atoms with Gasteiger partial charge in [-0.15, -0.1) is 0 Å². The molecule has 0 aromatic heterocycles. The van der Waals surface area contributed by atoms with Crippen LogP contribution in [0.4, 0.5) is 0 Å². The number of halogens is 2. The van der Waals surface area contributed by atoms with Crippen LogP contribution in [0.25, 0.3) is 0 Å². The molecular weight excluding hydrogens is 464 g/mol. The molecule has 0 fully saturated rings. The Hall–Kier alpha value is -0.880. The zero-order chi connectivity index (χ0) is 16.5. The highest BCUT2D eigenvalue weighted by Gasteiger charge is 2.15. The van der Waals surface area contributed by atoms with Gasteiger partial charge < -0.3 is 9.47 Å². The number of alkyl halides is 2. The van der Waals surface area contributed by atoms with E-state index >= 15 is 0 Å². The Morgan fingerprint density at radius 1 is 0.769 bits per heavy atom. The number of methoxy groups -OCH3 is 2. The normalized spacial score (nSPS) is 11.2. The van der Waals surface area contributed by atoms with E-state index in [1.165, 1.54) is 25.3 Å². The molecular formula is C20H36Br2O4. The molecule has 154 valence electrons. The zero-order valence-electron chi connectivity index (χ0n) is 12.7. The molecule has 0 heterocycles. The van der Waals surface area contributed by atoms with Gasteiger partial charge in [-0.3, -0.25) is 9.59 Å². The average Bonchev–Trinajstić information content (AvgIpc) is 2.56. The van der Waals surface area contributed by atoms with Crippen LogP contribution in [0.5, 0.6) is 0 Å². The molecule has 0 saturated carbocycles. The Morgan fingerprint density at radius 3 is 1.27 bits per heavy atom. The number of hydrogen-bond acceptors (Lipinski definition) is 4. The molecule has 4 nitrogen and oxygen atoms in total. The monoisotopic (exact) mass is 498 g/mol. The van der Waals surface area contributed by atoms with E-state index in [2.05, 4.69) is 41.3 Å². The third-order valence-corrected chi connectivity index (χ3v) is 4.97. The SMILES string of the molecule is C.C.C.C.COC(=O)C(Br)CCc1ccc(CCC(Br)C(=O)OC)cc1. The van der Waals surface area contributed by atoms with Gasteiger partial charge in [0.15, 0.2) is 0 Å². The van der Waals surface area contributed by atoms with E-state index < -0.39 is 0 Å². The van der Waals surface area contributed by atoms with Crippen LogP contribution in [0.2, 0.25) is 0 Å². The summed E-state index contributed by atoms with van der Waals surface area (Å²) in [5.41, 5.74) is 2.33. The van der Waals surface area contributed by atoms with Crippen molar-refractivity contribution in [3.8, 4) is 0 Å². The summed E-state index contributed by atoms with van der Waals surface area (Å²) in [6.45, 7) is 0. The van der Waals surface area contributed by atoms with Gasteiger partial charge >= 0.3 is 11.9 Å². The summed E-state index contributed by atoms with van der Waals surface area (Å²) in [6, 6.07) is 8.20. The van der Waals surface area contributed by atoms with E-state index in [4.69, 9.17) is 0 Å². The lowest BCUT2D eigenvalue weighted by Gasteiger charge is -2.09. The topological polar surface area (TPSA) is 52.6 Å². The summed E-state index contributed by atoms with van der Waals surface area (Å²) in [5, 5.41) is 0. The van der Waals surface area contributed by atoms with Crippen LogP contribution in [-0.4, -0.2) is 35.8 Å². The number of hydrogen-bond donors (Lipinski definition) is 0. The number of aryl methyl sites for hydroxylation is 2. The Kier molecular flexibility index (Phi) is 22.1. The first kappa shape index (κ1) is 32.8. The zero-order valence-corrected chi connectivity index (χ0v) is 15.9. The smallest absolute Gasteiger partial charge is 0.319 e. The van der Waals surface area contributed by atoms with Gasteiger partial charge in [0.05, 0.1) is 14.2 Å². The largest absolute Gasteiger partial charge is 0.468 e. The lowest BCUT2D eigenvalue weighted by molar-refractivity contribution is -0.140. The maximum atomic E-state index is 11.3. The first-order chi connectivity index (χ1) is 10.5. The molecule has 0 amide bonds. The maximum Gasteiger partial charge on any atom is 0.319 e. The summed E-state index contributed by atoms with van der Waals surface area (Å²) in [5.74, 6) is -0.495. The van der Waals surface area contributed by atoms with Crippen molar-refractivity contribution in [1.29, 1.82) is 0 Å². The molecule has 0 saturated heterocycles. The minimum Gasteiger partial charge on any atom is -0.468 e. The van der Waals surface area contributed by atoms with Crippen molar-refractivity contribution in [1.82, 2.24) is 0 Å². The van der Waals surface area contributed by atoms with Gasteiger partial charge in [0.1, 0.15) is 9.65 Å². The molecule has 0 N–H and O–H groups in total. The second-order valence-corrected chi connectivity index (χ2v) is 7.09. The molecule has 0 aliphatic carbocycles. The van der Waals surface area contributed by atoms with Gasteiger partial charge in [0.25, 0.3) is 0 Å². The van der Waals surface area contributed by atoms with E-state index in [0.29, 0.717) is 12.8 Å². The Morgan fingerprint density at radius 2 is 1.04 bits per heavy atom. The van der Waals surface area contributed by atoms with Crippen molar-refractivity contribution in [3.63, 3.8) is 0 Å². The minimum absolute atomic E-state index is 0. The summed E-state index contributed by atoms with van der Waals surface area (Å²) in [7, 11) is 2.77. The van der Waals surface area contributed by atoms with Crippen LogP contribution in [-0.2, 0) is 31.9 Å². The summed E-state index contributed by atoms with van der Waals surface area (Å²) >= 11 is 6.63. The second-order valence-electron chi connectivity index (χ2n) is 4.88. The van der Waals surface area contributed by atoms with E-state index in [9.17, 15) is 9.59 Å². The van der Waals surface area contributed by atoms with E-state index in [1.807, 2.05) is 24.3 Å². The molecule has 0 aliphatic rings. The predicted octanol–water partition coefficient (Wildman–Crippen LogP) is 5.97. The van der Waals surface area contributed by atoms with Crippen LogP contribution in [0.15, 0.2) is 24.3 Å². The third kappa shape index (κ3) is 11.7. The highest BCUT2D eigenvalue weighted by atomic mass is 79.9. The number of carbonyl (C=O) groups is 2. The highest BCUT2D eigenvalue weighted by Crippen LogP contribution is 2.16. The van der Waals surface area contributed by atoms with E-state index in [1.54, 1.807) is 0 Å². The fourth-order valence-electron chi connectivity index (χ4n) is 1.95. The van der Waals surface area contributed by atoms with Gasteiger partial charge in [-0.25, -0.2) is 0 Å². The summed E-state index contributed by atoms with van der Waals surface area (Å²) < 4.78 is 9.35. The molecule has 2 unspecified atom stereocenters. The minimum atomic E-state index is -0.272. The van der Waals surface area contributed by atoms with Crippen LogP contribution >= 0.6 is 31.9 Å². The van der Waals surface area contributed by atoms with Gasteiger partial charge in [-0.2, -0.15) is 0 Å². The third-order valence-electron chi connectivity index (χ3n) is 3.31. The molecule has 0 spiro atoms. The number of ether oxygens (including phenoxy) is 2. The van der Waals surface area contributed by atoms with Gasteiger partial charge in [0.2, 0.25) is 0 Å². The van der Waals surface area contributed by atoms with Crippen molar-refractivity contribution in [3.05, 3.63) is 35.4 Å². The maximum absolute atomic E-state index is 11.3. The van der Waals surface area contributed by atoms with Crippen molar-refractivity contribution in [2.45, 2.75) is 65.0 Å². The first-order valence-electron chi connectivity index (χ1n) is 6.99. The Labute approximate surface area is 177 Å². The van der Waals surface area contributed by atoms with Crippen LogP contribution in [0.1, 0.15) is 53.7 Å². The molecule has 0 aliphatic heterocycles. The van der Waals surface area contributed by atoms with Crippen molar-refractivity contribution >= 4 is 43.8 Å². The standard InChI is InChI=1S/C16H20Br2O4.4CH4/c1-21-15(19)13(17)9-7-11-3-5-12(6-4-11)8-10-14(18)16(20)22-2;;;;/h3-6,13-14H,7-10H2,1-2H3;4*1H4. The molecule has 2 atom stereocenters. The number of esters is 2. The first-order valence-corrected chi connectivity index (χ1v) is 8.82. The molecule has 6 heteroatoms. The van der Waals surface area contributed by atoms with Crippen LogP contribution in [0, 0.1) is 0 Å². The van der Waals surface area contributed by atoms with Gasteiger partial charge in [-0.05, 0) is 36.8 Å². The molecule has 0 radical (unpaired) electrons. The summed E-state index contributed by atoms with van der Waals surface area (Å²) in [4.78, 5) is 22.1. The molecule has 0 bridgehead atoms. The van der Waals surface area contributed by atoms with E-state index in [0.717, 1.165) is 12.8 Å². The molecule has 1 rings (SSSR count). The molecule has 1 aromatic carbocycles. The Balaban J connectivity index is -0.000000605. The molecule has 26 heavy (non-hydrogen) atoms. The Bertz CT molecular complexity index is 444. The fraction of sp³-hybridized carbons (Fsp3) is 0.600. The van der Waals surface area contributed by atoms with Gasteiger partial charge in [-0.1, -0.05) is 85.8 Å². The van der Waals surface area contributed by atoms with Crippen molar-refractivity contribution in [2.75, 3.05) is 14.2 Å². The lowest BCUT2D eigenvalue weighted by Crippen LogP contribution is -2.16. The second kappa shape index (κ2) is 17.5. The summed E-state index contributed by atoms with van der Waals surface area (Å²) in [6.07, 6.45) is 2.98. The van der Waals surface area contributed by atoms with Crippen molar-refractivity contribution < 1.29 is 19.1 Å². The van der Waals surface area contributed by atoms with Gasteiger partial charge in [0, 0.05) is 0 Å². The van der Waals surface area contributed by atoms with Crippen molar-refractivity contribution in [2.24, 2.45) is 0 Å². The fourth-order valence-corrected chi connectivity index (χ4v) is 2.78.